The van der Waals surface area contributed by atoms with Crippen molar-refractivity contribution in [3.8, 4) is 0 Å². The fourth-order valence-electron chi connectivity index (χ4n) is 3.29. The fourth-order valence-corrected chi connectivity index (χ4v) is 3.29. The lowest BCUT2D eigenvalue weighted by molar-refractivity contribution is -0.125. The number of hydrogen-bond donors (Lipinski definition) is 2. The van der Waals surface area contributed by atoms with Crippen molar-refractivity contribution in [3.63, 3.8) is 0 Å². The Bertz CT molecular complexity index is 567. The highest BCUT2D eigenvalue weighted by molar-refractivity contribution is 5.96. The van der Waals surface area contributed by atoms with E-state index in [1.54, 1.807) is 0 Å². The van der Waals surface area contributed by atoms with Crippen molar-refractivity contribution < 1.29 is 9.59 Å². The van der Waals surface area contributed by atoms with Crippen LogP contribution in [0.2, 0.25) is 0 Å². The largest absolute Gasteiger partial charge is 0.346 e. The molecule has 0 aliphatic carbocycles. The third-order valence-corrected chi connectivity index (χ3v) is 4.45. The van der Waals surface area contributed by atoms with Crippen LogP contribution in [-0.4, -0.2) is 42.9 Å². The molecule has 1 aliphatic heterocycles. The van der Waals surface area contributed by atoms with E-state index in [1.807, 2.05) is 32.9 Å². The van der Waals surface area contributed by atoms with Gasteiger partial charge in [-0.05, 0) is 57.8 Å². The van der Waals surface area contributed by atoms with E-state index in [2.05, 4.69) is 15.5 Å². The van der Waals surface area contributed by atoms with Gasteiger partial charge >= 0.3 is 0 Å². The van der Waals surface area contributed by atoms with Gasteiger partial charge in [-0.3, -0.25) is 14.5 Å². The smallest absolute Gasteiger partial charge is 0.243 e. The minimum atomic E-state index is -0.186. The molecule has 1 fully saturated rings. The monoisotopic (exact) mass is 331 g/mol. The summed E-state index contributed by atoms with van der Waals surface area (Å²) in [4.78, 5) is 26.3. The van der Waals surface area contributed by atoms with Gasteiger partial charge in [0.05, 0.1) is 13.1 Å². The second kappa shape index (κ2) is 8.83. The van der Waals surface area contributed by atoms with Crippen LogP contribution in [0.1, 0.15) is 42.4 Å². The van der Waals surface area contributed by atoms with E-state index in [0.29, 0.717) is 6.54 Å². The van der Waals surface area contributed by atoms with Gasteiger partial charge in [-0.25, -0.2) is 0 Å². The zero-order chi connectivity index (χ0) is 17.5. The van der Waals surface area contributed by atoms with Crippen LogP contribution in [0.3, 0.4) is 0 Å². The van der Waals surface area contributed by atoms with Crippen LogP contribution in [0.15, 0.2) is 12.1 Å². The Hall–Kier alpha value is -1.88. The number of rotatable bonds is 5. The van der Waals surface area contributed by atoms with Crippen molar-refractivity contribution in [2.45, 2.75) is 46.5 Å². The summed E-state index contributed by atoms with van der Waals surface area (Å²) in [5.41, 5.74) is 4.09. The first kappa shape index (κ1) is 18.5. The molecule has 5 nitrogen and oxygen atoms in total. The summed E-state index contributed by atoms with van der Waals surface area (Å²) < 4.78 is 0. The molecular formula is C19H29N3O2. The van der Waals surface area contributed by atoms with Crippen LogP contribution >= 0.6 is 0 Å². The second-order valence-electron chi connectivity index (χ2n) is 6.79. The first-order chi connectivity index (χ1) is 11.5. The predicted octanol–water partition coefficient (Wildman–Crippen LogP) is 2.54. The summed E-state index contributed by atoms with van der Waals surface area (Å²) in [6.07, 6.45) is 4.80. The maximum Gasteiger partial charge on any atom is 0.243 e. The molecule has 1 aromatic carbocycles. The summed E-state index contributed by atoms with van der Waals surface area (Å²) in [5.74, 6) is -0.265. The quantitative estimate of drug-likeness (QED) is 0.871. The van der Waals surface area contributed by atoms with Gasteiger partial charge < -0.3 is 10.6 Å². The van der Waals surface area contributed by atoms with Crippen LogP contribution in [0.25, 0.3) is 0 Å². The zero-order valence-electron chi connectivity index (χ0n) is 15.1. The topological polar surface area (TPSA) is 61.4 Å². The van der Waals surface area contributed by atoms with E-state index < -0.39 is 0 Å². The number of nitrogens with zero attached hydrogens (tertiary/aromatic N) is 1. The molecule has 2 rings (SSSR count). The van der Waals surface area contributed by atoms with Crippen molar-refractivity contribution >= 4 is 17.5 Å². The van der Waals surface area contributed by atoms with E-state index >= 15 is 0 Å². The molecule has 24 heavy (non-hydrogen) atoms. The molecule has 5 heteroatoms. The first-order valence-corrected chi connectivity index (χ1v) is 8.82. The van der Waals surface area contributed by atoms with Crippen molar-refractivity contribution in [3.05, 3.63) is 28.8 Å². The van der Waals surface area contributed by atoms with Crippen molar-refractivity contribution in [2.75, 3.05) is 31.5 Å². The molecule has 0 atom stereocenters. The predicted molar refractivity (Wildman–Crippen MR) is 97.2 cm³/mol. The molecule has 0 radical (unpaired) electrons. The highest BCUT2D eigenvalue weighted by Crippen LogP contribution is 2.21. The van der Waals surface area contributed by atoms with Crippen LogP contribution in [0.5, 0.6) is 0 Å². The van der Waals surface area contributed by atoms with E-state index in [-0.39, 0.29) is 18.4 Å². The third kappa shape index (κ3) is 5.64. The lowest BCUT2D eigenvalue weighted by Gasteiger charge is -2.19. The van der Waals surface area contributed by atoms with Gasteiger partial charge in [0.2, 0.25) is 11.8 Å². The lowest BCUT2D eigenvalue weighted by atomic mass is 10.1. The third-order valence-electron chi connectivity index (χ3n) is 4.45. The molecule has 0 bridgehead atoms. The van der Waals surface area contributed by atoms with Gasteiger partial charge in [0.25, 0.3) is 0 Å². The molecule has 132 valence electrons. The lowest BCUT2D eigenvalue weighted by Crippen LogP contribution is -2.40. The summed E-state index contributed by atoms with van der Waals surface area (Å²) in [6, 6.07) is 4.08. The standard InChI is InChI=1S/C19H29N3O2/c1-14-10-15(2)19(16(3)11-14)21-17(23)12-20-18(24)13-22-8-6-4-5-7-9-22/h10-11H,4-9,12-13H2,1-3H3,(H,20,24)(H,21,23). The van der Waals surface area contributed by atoms with Crippen molar-refractivity contribution in [1.29, 1.82) is 0 Å². The van der Waals surface area contributed by atoms with Crippen LogP contribution in [-0.2, 0) is 9.59 Å². The van der Waals surface area contributed by atoms with Crippen molar-refractivity contribution in [2.24, 2.45) is 0 Å². The highest BCUT2D eigenvalue weighted by Gasteiger charge is 2.14. The number of anilines is 1. The number of nitrogens with one attached hydrogen (secondary N) is 2. The second-order valence-corrected chi connectivity index (χ2v) is 6.79. The SMILES string of the molecule is Cc1cc(C)c(NC(=O)CNC(=O)CN2CCCCCC2)c(C)c1. The molecule has 1 aliphatic rings. The van der Waals surface area contributed by atoms with E-state index in [1.165, 1.54) is 18.4 Å². The molecule has 1 aromatic rings. The molecule has 0 aromatic heterocycles. The Morgan fingerprint density at radius 1 is 0.958 bits per heavy atom. The molecule has 1 heterocycles. The van der Waals surface area contributed by atoms with Crippen LogP contribution in [0.4, 0.5) is 5.69 Å². The Morgan fingerprint density at radius 2 is 1.54 bits per heavy atom. The number of likely N-dealkylation sites (tertiary alicyclic amines) is 1. The summed E-state index contributed by atoms with van der Waals surface area (Å²) in [7, 11) is 0. The maximum absolute atomic E-state index is 12.1. The molecule has 2 amide bonds. The number of hydrogen-bond acceptors (Lipinski definition) is 3. The number of aryl methyl sites for hydroxylation is 3. The van der Waals surface area contributed by atoms with Gasteiger partial charge in [0.1, 0.15) is 0 Å². The van der Waals surface area contributed by atoms with Gasteiger partial charge in [-0.15, -0.1) is 0 Å². The molecule has 0 saturated carbocycles. The number of carbonyl (C=O) groups is 2. The minimum absolute atomic E-state index is 0.0133. The average molecular weight is 331 g/mol. The van der Waals surface area contributed by atoms with Gasteiger partial charge in [-0.2, -0.15) is 0 Å². The molecule has 0 spiro atoms. The van der Waals surface area contributed by atoms with E-state index in [9.17, 15) is 9.59 Å². The highest BCUT2D eigenvalue weighted by atomic mass is 16.2. The zero-order valence-corrected chi connectivity index (χ0v) is 15.1. The Kier molecular flexibility index (Phi) is 6.79. The average Bonchev–Trinajstić information content (AvgIpc) is 2.77. The van der Waals surface area contributed by atoms with E-state index in [4.69, 9.17) is 0 Å². The van der Waals surface area contributed by atoms with Gasteiger partial charge in [-0.1, -0.05) is 30.5 Å². The Labute approximate surface area is 144 Å². The summed E-state index contributed by atoms with van der Waals surface area (Å²) in [5, 5.41) is 5.64. The molecular weight excluding hydrogens is 302 g/mol. The molecule has 2 N–H and O–H groups in total. The fraction of sp³-hybridized carbons (Fsp3) is 0.579. The number of carbonyl (C=O) groups excluding carboxylic acids is 2. The van der Waals surface area contributed by atoms with Gasteiger partial charge in [0, 0.05) is 5.69 Å². The molecule has 0 unspecified atom stereocenters. The number of benzene rings is 1. The van der Waals surface area contributed by atoms with Crippen LogP contribution < -0.4 is 10.6 Å². The van der Waals surface area contributed by atoms with Crippen molar-refractivity contribution in [1.82, 2.24) is 10.2 Å². The normalized spacial score (nSPS) is 15.6. The maximum atomic E-state index is 12.1. The summed E-state index contributed by atoms with van der Waals surface area (Å²) >= 11 is 0. The Morgan fingerprint density at radius 3 is 2.12 bits per heavy atom. The Balaban J connectivity index is 1.79. The number of amides is 2. The van der Waals surface area contributed by atoms with Crippen LogP contribution in [0, 0.1) is 20.8 Å². The minimum Gasteiger partial charge on any atom is -0.346 e. The van der Waals surface area contributed by atoms with Gasteiger partial charge in [0.15, 0.2) is 0 Å². The first-order valence-electron chi connectivity index (χ1n) is 8.82. The molecule has 1 saturated heterocycles. The summed E-state index contributed by atoms with van der Waals surface area (Å²) in [6.45, 7) is 8.34. The van der Waals surface area contributed by atoms with E-state index in [0.717, 1.165) is 42.7 Å².